The molecule has 1 fully saturated rings. The minimum Gasteiger partial charge on any atom is -0.456 e. The first-order valence-corrected chi connectivity index (χ1v) is 9.05. The fourth-order valence-electron chi connectivity index (χ4n) is 3.29. The largest absolute Gasteiger partial charge is 0.456 e. The molecular formula is C19H26N4O2. The highest BCUT2D eigenvalue weighted by Crippen LogP contribution is 2.21. The molecular weight excluding hydrogens is 316 g/mol. The fourth-order valence-corrected chi connectivity index (χ4v) is 3.29. The lowest BCUT2D eigenvalue weighted by Crippen LogP contribution is -2.34. The van der Waals surface area contributed by atoms with Gasteiger partial charge in [-0.05, 0) is 38.9 Å². The summed E-state index contributed by atoms with van der Waals surface area (Å²) in [5.41, 5.74) is 2.00. The molecule has 0 saturated carbocycles. The normalized spacial score (nSPS) is 16.1. The predicted octanol–water partition coefficient (Wildman–Crippen LogP) is 2.59. The first-order valence-electron chi connectivity index (χ1n) is 9.05. The number of furan rings is 1. The third-order valence-corrected chi connectivity index (χ3v) is 4.54. The van der Waals surface area contributed by atoms with Crippen LogP contribution in [0, 0.1) is 0 Å². The molecule has 1 N–H and O–H groups in total. The van der Waals surface area contributed by atoms with Crippen LogP contribution in [0.15, 0.2) is 29.1 Å². The van der Waals surface area contributed by atoms with Crippen molar-refractivity contribution in [3.8, 4) is 0 Å². The van der Waals surface area contributed by atoms with Crippen LogP contribution in [0.2, 0.25) is 0 Å². The Morgan fingerprint density at radius 3 is 2.84 bits per heavy atom. The number of nitrogens with zero attached hydrogens (tertiary/aromatic N) is 3. The molecule has 0 aliphatic carbocycles. The Labute approximate surface area is 148 Å². The van der Waals surface area contributed by atoms with Gasteiger partial charge in [-0.25, -0.2) is 0 Å². The molecule has 2 aromatic heterocycles. The van der Waals surface area contributed by atoms with Gasteiger partial charge in [0.25, 0.3) is 5.91 Å². The van der Waals surface area contributed by atoms with Crippen LogP contribution in [0.3, 0.4) is 0 Å². The first kappa shape index (κ1) is 17.6. The monoisotopic (exact) mass is 342 g/mol. The van der Waals surface area contributed by atoms with Gasteiger partial charge in [0.2, 0.25) is 0 Å². The summed E-state index contributed by atoms with van der Waals surface area (Å²) in [6, 6.07) is 1.86. The third kappa shape index (κ3) is 4.66. The van der Waals surface area contributed by atoms with E-state index in [2.05, 4.69) is 27.1 Å². The lowest BCUT2D eigenvalue weighted by Gasteiger charge is -2.13. The van der Waals surface area contributed by atoms with Gasteiger partial charge in [0.1, 0.15) is 5.76 Å². The third-order valence-electron chi connectivity index (χ3n) is 4.54. The van der Waals surface area contributed by atoms with Gasteiger partial charge < -0.3 is 9.73 Å². The Morgan fingerprint density at radius 2 is 2.16 bits per heavy atom. The number of amides is 1. The van der Waals surface area contributed by atoms with E-state index >= 15 is 0 Å². The molecule has 1 saturated heterocycles. The molecule has 1 amide bonds. The molecule has 2 aromatic rings. The number of carbonyl (C=O) groups excluding carboxylic acids is 1. The molecule has 6 nitrogen and oxygen atoms in total. The number of aromatic nitrogens is 2. The van der Waals surface area contributed by atoms with E-state index in [1.165, 1.54) is 12.8 Å². The minimum atomic E-state index is -0.168. The average Bonchev–Trinajstić information content (AvgIpc) is 3.25. The maximum atomic E-state index is 12.5. The van der Waals surface area contributed by atoms with Gasteiger partial charge in [0.05, 0.1) is 5.69 Å². The molecule has 0 radical (unpaired) electrons. The highest BCUT2D eigenvalue weighted by atomic mass is 16.4. The van der Waals surface area contributed by atoms with Gasteiger partial charge >= 0.3 is 0 Å². The van der Waals surface area contributed by atoms with Crippen molar-refractivity contribution in [3.63, 3.8) is 0 Å². The summed E-state index contributed by atoms with van der Waals surface area (Å²) in [6.07, 6.45) is 8.98. The number of rotatable bonds is 7. The maximum absolute atomic E-state index is 12.5. The van der Waals surface area contributed by atoms with Gasteiger partial charge in [0.15, 0.2) is 5.76 Å². The van der Waals surface area contributed by atoms with Gasteiger partial charge in [-0.15, -0.1) is 0 Å². The highest BCUT2D eigenvalue weighted by Gasteiger charge is 2.20. The molecule has 0 spiro atoms. The Kier molecular flexibility index (Phi) is 5.81. The van der Waals surface area contributed by atoms with Crippen LogP contribution in [0.4, 0.5) is 0 Å². The topological polar surface area (TPSA) is 71.3 Å². The zero-order valence-electron chi connectivity index (χ0n) is 15.0. The van der Waals surface area contributed by atoms with Crippen molar-refractivity contribution in [3.05, 3.63) is 47.4 Å². The standard InChI is InChI=1S/C19H26N4O2/c1-3-17-15(13-23-8-4-5-9-23)11-18(25-17)19(24)22-14(2)10-16-12-20-6-7-21-16/h6-7,11-12,14H,3-5,8-10,13H2,1-2H3,(H,22,24)/t14-/m0/s1. The van der Waals surface area contributed by atoms with Crippen molar-refractivity contribution in [1.29, 1.82) is 0 Å². The van der Waals surface area contributed by atoms with E-state index in [-0.39, 0.29) is 11.9 Å². The second-order valence-electron chi connectivity index (χ2n) is 6.67. The molecule has 0 bridgehead atoms. The number of nitrogens with one attached hydrogen (secondary N) is 1. The summed E-state index contributed by atoms with van der Waals surface area (Å²) in [6.45, 7) is 7.15. The van der Waals surface area contributed by atoms with Crippen LogP contribution in [0.1, 0.15) is 54.3 Å². The van der Waals surface area contributed by atoms with Gasteiger partial charge in [-0.1, -0.05) is 6.92 Å². The van der Waals surface area contributed by atoms with E-state index < -0.39 is 0 Å². The van der Waals surface area contributed by atoms with Crippen LogP contribution in [0.25, 0.3) is 0 Å². The zero-order chi connectivity index (χ0) is 17.6. The number of hydrogen-bond donors (Lipinski definition) is 1. The van der Waals surface area contributed by atoms with Gasteiger partial charge in [-0.2, -0.15) is 0 Å². The Balaban J connectivity index is 1.62. The van der Waals surface area contributed by atoms with Crippen molar-refractivity contribution < 1.29 is 9.21 Å². The van der Waals surface area contributed by atoms with E-state index in [1.807, 2.05) is 13.0 Å². The molecule has 1 aliphatic rings. The minimum absolute atomic E-state index is 0.0404. The van der Waals surface area contributed by atoms with Crippen LogP contribution in [-0.2, 0) is 19.4 Å². The molecule has 0 aromatic carbocycles. The van der Waals surface area contributed by atoms with Crippen LogP contribution in [0.5, 0.6) is 0 Å². The Bertz CT molecular complexity index is 693. The number of hydrogen-bond acceptors (Lipinski definition) is 5. The molecule has 0 unspecified atom stereocenters. The Hall–Kier alpha value is -2.21. The molecule has 1 aliphatic heterocycles. The van der Waals surface area contributed by atoms with Gasteiger partial charge in [-0.3, -0.25) is 19.7 Å². The summed E-state index contributed by atoms with van der Waals surface area (Å²) < 4.78 is 5.82. The zero-order valence-corrected chi connectivity index (χ0v) is 15.0. The van der Waals surface area contributed by atoms with Crippen molar-refractivity contribution in [2.45, 2.75) is 52.1 Å². The summed E-state index contributed by atoms with van der Waals surface area (Å²) >= 11 is 0. The van der Waals surface area contributed by atoms with E-state index in [0.29, 0.717) is 12.2 Å². The summed E-state index contributed by atoms with van der Waals surface area (Å²) in [5.74, 6) is 1.15. The predicted molar refractivity (Wildman–Crippen MR) is 95.3 cm³/mol. The van der Waals surface area contributed by atoms with Crippen LogP contribution >= 0.6 is 0 Å². The Morgan fingerprint density at radius 1 is 1.36 bits per heavy atom. The van der Waals surface area contributed by atoms with Crippen molar-refractivity contribution in [2.75, 3.05) is 13.1 Å². The molecule has 3 rings (SSSR count). The van der Waals surface area contributed by atoms with Crippen molar-refractivity contribution in [2.24, 2.45) is 0 Å². The smallest absolute Gasteiger partial charge is 0.287 e. The highest BCUT2D eigenvalue weighted by molar-refractivity contribution is 5.92. The van der Waals surface area contributed by atoms with Crippen molar-refractivity contribution in [1.82, 2.24) is 20.2 Å². The SMILES string of the molecule is CCc1oc(C(=O)N[C@@H](C)Cc2cnccn2)cc1CN1CCCC1. The van der Waals surface area contributed by atoms with E-state index in [1.54, 1.807) is 18.6 Å². The molecule has 25 heavy (non-hydrogen) atoms. The average molecular weight is 342 g/mol. The van der Waals surface area contributed by atoms with E-state index in [4.69, 9.17) is 4.42 Å². The van der Waals surface area contributed by atoms with Gasteiger partial charge in [0, 0.05) is 49.6 Å². The molecule has 134 valence electrons. The first-order chi connectivity index (χ1) is 12.2. The number of likely N-dealkylation sites (tertiary alicyclic amines) is 1. The van der Waals surface area contributed by atoms with Crippen molar-refractivity contribution >= 4 is 5.91 Å². The van der Waals surface area contributed by atoms with E-state index in [0.717, 1.165) is 43.1 Å². The number of aryl methyl sites for hydroxylation is 1. The lowest BCUT2D eigenvalue weighted by molar-refractivity contribution is 0.0910. The second-order valence-corrected chi connectivity index (χ2v) is 6.67. The maximum Gasteiger partial charge on any atom is 0.287 e. The fraction of sp³-hybridized carbons (Fsp3) is 0.526. The lowest BCUT2D eigenvalue weighted by atomic mass is 10.1. The summed E-state index contributed by atoms with van der Waals surface area (Å²) in [5, 5.41) is 2.99. The summed E-state index contributed by atoms with van der Waals surface area (Å²) in [7, 11) is 0. The van der Waals surface area contributed by atoms with Crippen LogP contribution < -0.4 is 5.32 Å². The van der Waals surface area contributed by atoms with E-state index in [9.17, 15) is 4.79 Å². The summed E-state index contributed by atoms with van der Waals surface area (Å²) in [4.78, 5) is 23.2. The second kappa shape index (κ2) is 8.25. The molecule has 1 atom stereocenters. The quantitative estimate of drug-likeness (QED) is 0.837. The molecule has 3 heterocycles. The molecule has 6 heteroatoms. The number of carbonyl (C=O) groups is 1. The van der Waals surface area contributed by atoms with Crippen LogP contribution in [-0.4, -0.2) is 39.9 Å².